The van der Waals surface area contributed by atoms with E-state index in [4.69, 9.17) is 4.74 Å². The van der Waals surface area contributed by atoms with Crippen LogP contribution in [-0.2, 0) is 9.53 Å². The zero-order valence-corrected chi connectivity index (χ0v) is 8.61. The third kappa shape index (κ3) is 0.814. The fourth-order valence-corrected chi connectivity index (χ4v) is 4.48. The number of ether oxygens (including phenoxy) is 1. The first-order chi connectivity index (χ1) is 6.24. The van der Waals surface area contributed by atoms with Crippen LogP contribution in [0.15, 0.2) is 0 Å². The lowest BCUT2D eigenvalue weighted by atomic mass is 9.80. The monoisotopic (exact) mass is 246 g/mol. The molecule has 3 fully saturated rings. The summed E-state index contributed by atoms with van der Waals surface area (Å²) in [6.07, 6.45) is 1.13. The maximum atomic E-state index is 11.5. The second-order valence-electron chi connectivity index (χ2n) is 4.28. The highest BCUT2D eigenvalue weighted by Gasteiger charge is 2.65. The highest BCUT2D eigenvalue weighted by Crippen LogP contribution is 2.59. The topological polar surface area (TPSA) is 46.5 Å². The molecule has 72 valence electrons. The van der Waals surface area contributed by atoms with Crippen molar-refractivity contribution < 1.29 is 14.6 Å². The summed E-state index contributed by atoms with van der Waals surface area (Å²) in [4.78, 5) is 11.7. The molecule has 0 aromatic rings. The van der Waals surface area contributed by atoms with Gasteiger partial charge in [-0.3, -0.25) is 4.79 Å². The minimum atomic E-state index is -0.0847. The first kappa shape index (κ1) is 8.24. The maximum absolute atomic E-state index is 11.5. The molecule has 4 heteroatoms. The summed E-state index contributed by atoms with van der Waals surface area (Å²) in [7, 11) is 0. The van der Waals surface area contributed by atoms with Crippen LogP contribution in [0.2, 0.25) is 0 Å². The molecule has 1 heterocycles. The van der Waals surface area contributed by atoms with Gasteiger partial charge in [0.15, 0.2) is 0 Å². The van der Waals surface area contributed by atoms with Gasteiger partial charge in [0.2, 0.25) is 0 Å². The number of aliphatic hydroxyl groups excluding tert-OH is 1. The van der Waals surface area contributed by atoms with Crippen LogP contribution in [0.5, 0.6) is 0 Å². The minimum absolute atomic E-state index is 0.00574. The number of aliphatic hydroxyl groups is 1. The van der Waals surface area contributed by atoms with Crippen LogP contribution in [0.4, 0.5) is 0 Å². The Labute approximate surface area is 84.6 Å². The summed E-state index contributed by atoms with van der Waals surface area (Å²) in [6.45, 7) is 0.121. The number of alkyl halides is 1. The Morgan fingerprint density at radius 2 is 2.31 bits per heavy atom. The van der Waals surface area contributed by atoms with E-state index in [-0.39, 0.29) is 35.3 Å². The SMILES string of the molecule is O=C1O[C@@H]2[C@@H](Br)[C@H]3C[C@@H]2[C@@H]1[C@H]3CO. The van der Waals surface area contributed by atoms with Gasteiger partial charge in [-0.15, -0.1) is 0 Å². The van der Waals surface area contributed by atoms with E-state index in [0.29, 0.717) is 11.8 Å². The molecule has 2 bridgehead atoms. The van der Waals surface area contributed by atoms with Crippen LogP contribution in [0.3, 0.4) is 0 Å². The molecule has 1 aliphatic heterocycles. The zero-order valence-electron chi connectivity index (χ0n) is 7.02. The molecular weight excluding hydrogens is 236 g/mol. The van der Waals surface area contributed by atoms with Gasteiger partial charge in [-0.05, 0) is 18.3 Å². The quantitative estimate of drug-likeness (QED) is 0.543. The minimum Gasteiger partial charge on any atom is -0.461 e. The largest absolute Gasteiger partial charge is 0.461 e. The van der Waals surface area contributed by atoms with E-state index in [1.165, 1.54) is 0 Å². The second kappa shape index (κ2) is 2.48. The average Bonchev–Trinajstić information content (AvgIpc) is 2.68. The number of rotatable bonds is 1. The molecular formula is C9H11BrO3. The molecule has 2 saturated carbocycles. The molecule has 0 unspecified atom stereocenters. The van der Waals surface area contributed by atoms with E-state index in [1.54, 1.807) is 0 Å². The van der Waals surface area contributed by atoms with Crippen molar-refractivity contribution in [3.05, 3.63) is 0 Å². The number of hydrogen-bond acceptors (Lipinski definition) is 3. The molecule has 1 N–H and O–H groups in total. The van der Waals surface area contributed by atoms with Gasteiger partial charge in [-0.1, -0.05) is 15.9 Å². The summed E-state index contributed by atoms with van der Waals surface area (Å²) in [5, 5.41) is 9.22. The van der Waals surface area contributed by atoms with Crippen LogP contribution >= 0.6 is 15.9 Å². The van der Waals surface area contributed by atoms with Crippen LogP contribution in [0.25, 0.3) is 0 Å². The smallest absolute Gasteiger partial charge is 0.310 e. The predicted octanol–water partition coefficient (Wildman–Crippen LogP) is 0.550. The van der Waals surface area contributed by atoms with Crippen molar-refractivity contribution in [1.82, 2.24) is 0 Å². The Hall–Kier alpha value is -0.0900. The number of esters is 1. The number of carbonyl (C=O) groups is 1. The molecule has 0 spiro atoms. The lowest BCUT2D eigenvalue weighted by Gasteiger charge is -2.26. The first-order valence-corrected chi connectivity index (χ1v) is 5.61. The highest BCUT2D eigenvalue weighted by molar-refractivity contribution is 9.09. The van der Waals surface area contributed by atoms with Crippen molar-refractivity contribution in [2.45, 2.75) is 17.4 Å². The van der Waals surface area contributed by atoms with Crippen molar-refractivity contribution in [1.29, 1.82) is 0 Å². The van der Waals surface area contributed by atoms with Crippen LogP contribution < -0.4 is 0 Å². The van der Waals surface area contributed by atoms with Gasteiger partial charge in [0.1, 0.15) is 6.10 Å². The van der Waals surface area contributed by atoms with E-state index in [1.807, 2.05) is 0 Å². The second-order valence-corrected chi connectivity index (χ2v) is 5.34. The fourth-order valence-electron chi connectivity index (χ4n) is 3.37. The molecule has 1 saturated heterocycles. The van der Waals surface area contributed by atoms with Gasteiger partial charge in [-0.2, -0.15) is 0 Å². The summed E-state index contributed by atoms with van der Waals surface area (Å²) in [6, 6.07) is 0. The fraction of sp³-hybridized carbons (Fsp3) is 0.889. The maximum Gasteiger partial charge on any atom is 0.310 e. The van der Waals surface area contributed by atoms with Gasteiger partial charge < -0.3 is 9.84 Å². The van der Waals surface area contributed by atoms with Crippen molar-refractivity contribution in [3.8, 4) is 0 Å². The zero-order chi connectivity index (χ0) is 9.16. The summed E-state index contributed by atoms with van der Waals surface area (Å²) < 4.78 is 5.29. The van der Waals surface area contributed by atoms with E-state index in [0.717, 1.165) is 6.42 Å². The Bertz CT molecular complexity index is 268. The molecule has 2 aliphatic carbocycles. The molecule has 3 nitrogen and oxygen atoms in total. The Morgan fingerprint density at radius 3 is 3.00 bits per heavy atom. The molecule has 13 heavy (non-hydrogen) atoms. The van der Waals surface area contributed by atoms with Crippen LogP contribution in [-0.4, -0.2) is 28.6 Å². The molecule has 0 radical (unpaired) electrons. The first-order valence-electron chi connectivity index (χ1n) is 4.69. The van der Waals surface area contributed by atoms with Crippen molar-refractivity contribution in [2.75, 3.05) is 6.61 Å². The standard InChI is InChI=1S/C9H11BrO3/c10-7-3-1-4-6(5(3)2-11)9(12)13-8(4)7/h3-8,11H,1-2H2/t3-,4+,5-,6+,7-,8-/m0/s1. The van der Waals surface area contributed by atoms with Crippen LogP contribution in [0, 0.1) is 23.7 Å². The third-order valence-corrected chi connectivity index (χ3v) is 5.10. The molecule has 3 aliphatic rings. The Balaban J connectivity index is 2.01. The number of fused-ring (bicyclic) bond motifs is 1. The molecule has 0 aromatic heterocycles. The van der Waals surface area contributed by atoms with E-state index >= 15 is 0 Å². The summed E-state index contributed by atoms with van der Waals surface area (Å²) >= 11 is 3.57. The van der Waals surface area contributed by atoms with E-state index in [2.05, 4.69) is 15.9 Å². The molecule has 6 atom stereocenters. The summed E-state index contributed by atoms with van der Waals surface area (Å²) in [5.41, 5.74) is 0. The number of carbonyl (C=O) groups excluding carboxylic acids is 1. The van der Waals surface area contributed by atoms with E-state index in [9.17, 15) is 9.90 Å². The van der Waals surface area contributed by atoms with Gasteiger partial charge in [0.25, 0.3) is 0 Å². The normalized spacial score (nSPS) is 57.2. The lowest BCUT2D eigenvalue weighted by Crippen LogP contribution is -2.35. The Kier molecular flexibility index (Phi) is 1.57. The number of hydrogen-bond donors (Lipinski definition) is 1. The summed E-state index contributed by atoms with van der Waals surface area (Å²) in [5.74, 6) is 0.864. The van der Waals surface area contributed by atoms with Crippen LogP contribution in [0.1, 0.15) is 6.42 Å². The lowest BCUT2D eigenvalue weighted by molar-refractivity contribution is -0.144. The predicted molar refractivity (Wildman–Crippen MR) is 48.3 cm³/mol. The van der Waals surface area contributed by atoms with Crippen molar-refractivity contribution >= 4 is 21.9 Å². The highest BCUT2D eigenvalue weighted by atomic mass is 79.9. The average molecular weight is 247 g/mol. The molecule has 0 aromatic carbocycles. The van der Waals surface area contributed by atoms with E-state index < -0.39 is 0 Å². The van der Waals surface area contributed by atoms with Gasteiger partial charge >= 0.3 is 5.97 Å². The van der Waals surface area contributed by atoms with Gasteiger partial charge in [0, 0.05) is 12.5 Å². The molecule has 0 amide bonds. The van der Waals surface area contributed by atoms with Crippen molar-refractivity contribution in [2.24, 2.45) is 23.7 Å². The Morgan fingerprint density at radius 1 is 1.54 bits per heavy atom. The number of halogens is 1. The van der Waals surface area contributed by atoms with Crippen molar-refractivity contribution in [3.63, 3.8) is 0 Å². The van der Waals surface area contributed by atoms with Gasteiger partial charge in [0.05, 0.1) is 10.7 Å². The van der Waals surface area contributed by atoms with Gasteiger partial charge in [-0.25, -0.2) is 0 Å². The molecule has 3 rings (SSSR count). The third-order valence-electron chi connectivity index (χ3n) is 3.90.